The Kier molecular flexibility index (Phi) is 4.78. The number of nitriles is 2. The highest BCUT2D eigenvalue weighted by Crippen LogP contribution is 2.26. The molecule has 0 unspecified atom stereocenters. The largest absolute Gasteiger partial charge is 0.269 e. The van der Waals surface area contributed by atoms with Crippen LogP contribution in [0.1, 0.15) is 0 Å². The van der Waals surface area contributed by atoms with Gasteiger partial charge in [-0.1, -0.05) is 23.2 Å². The van der Waals surface area contributed by atoms with Gasteiger partial charge in [0, 0.05) is 7.05 Å². The lowest BCUT2D eigenvalue weighted by atomic mass is 10.2. The molecule has 0 amide bonds. The molecule has 17 heavy (non-hydrogen) atoms. The molecule has 0 fully saturated rings. The van der Waals surface area contributed by atoms with Crippen molar-refractivity contribution in [1.82, 2.24) is 0 Å². The van der Waals surface area contributed by atoms with Gasteiger partial charge < -0.3 is 0 Å². The Hall–Kier alpha value is -1.75. The summed E-state index contributed by atoms with van der Waals surface area (Å²) in [5.74, 6) is -0.861. The monoisotopic (exact) mass is 266 g/mol. The van der Waals surface area contributed by atoms with Crippen molar-refractivity contribution in [2.24, 2.45) is 11.0 Å². The fourth-order valence-corrected chi connectivity index (χ4v) is 1.31. The van der Waals surface area contributed by atoms with E-state index in [0.717, 1.165) is 0 Å². The van der Waals surface area contributed by atoms with Crippen LogP contribution in [0.25, 0.3) is 0 Å². The fraction of sp³-hybridized carbons (Fsp3) is 0.182. The van der Waals surface area contributed by atoms with Crippen molar-refractivity contribution in [2.45, 2.75) is 0 Å². The molecule has 4 nitrogen and oxygen atoms in total. The maximum atomic E-state index is 8.57. The number of rotatable bonds is 3. The van der Waals surface area contributed by atoms with Crippen LogP contribution in [0.15, 0.2) is 23.3 Å². The third kappa shape index (κ3) is 3.64. The van der Waals surface area contributed by atoms with Gasteiger partial charge in [0.25, 0.3) is 0 Å². The second kappa shape index (κ2) is 6.10. The molecule has 0 aromatic heterocycles. The van der Waals surface area contributed by atoms with Crippen LogP contribution < -0.4 is 5.01 Å². The first-order chi connectivity index (χ1) is 8.08. The normalized spacial score (nSPS) is 10.2. The molecule has 0 radical (unpaired) electrons. The Morgan fingerprint density at radius 2 is 1.94 bits per heavy atom. The van der Waals surface area contributed by atoms with Gasteiger partial charge in [0.05, 0.1) is 34.1 Å². The van der Waals surface area contributed by atoms with E-state index < -0.39 is 5.92 Å². The zero-order valence-electron chi connectivity index (χ0n) is 8.93. The second-order valence-corrected chi connectivity index (χ2v) is 3.94. The van der Waals surface area contributed by atoms with E-state index in [2.05, 4.69) is 5.10 Å². The Bertz CT molecular complexity index is 499. The number of anilines is 1. The van der Waals surface area contributed by atoms with E-state index in [0.29, 0.717) is 15.7 Å². The lowest BCUT2D eigenvalue weighted by molar-refractivity contribution is 1.00. The van der Waals surface area contributed by atoms with Crippen LogP contribution in [0.5, 0.6) is 0 Å². The summed E-state index contributed by atoms with van der Waals surface area (Å²) in [4.78, 5) is 0. The van der Waals surface area contributed by atoms with Crippen molar-refractivity contribution >= 4 is 35.1 Å². The molecule has 1 aromatic carbocycles. The molecule has 0 saturated carbocycles. The highest BCUT2D eigenvalue weighted by molar-refractivity contribution is 6.42. The summed E-state index contributed by atoms with van der Waals surface area (Å²) in [7, 11) is 1.68. The second-order valence-electron chi connectivity index (χ2n) is 3.12. The predicted octanol–water partition coefficient (Wildman–Crippen LogP) is 3.08. The number of hydrazone groups is 1. The summed E-state index contributed by atoms with van der Waals surface area (Å²) in [6.45, 7) is 0. The van der Waals surface area contributed by atoms with Gasteiger partial charge in [0.1, 0.15) is 0 Å². The fourth-order valence-electron chi connectivity index (χ4n) is 1.02. The van der Waals surface area contributed by atoms with Gasteiger partial charge in [0.15, 0.2) is 5.92 Å². The first-order valence-electron chi connectivity index (χ1n) is 4.60. The quantitative estimate of drug-likeness (QED) is 0.624. The highest BCUT2D eigenvalue weighted by Gasteiger charge is 2.04. The molecular formula is C11H8Cl2N4. The van der Waals surface area contributed by atoms with E-state index in [4.69, 9.17) is 33.7 Å². The molecule has 6 heteroatoms. The molecule has 0 saturated heterocycles. The summed E-state index contributed by atoms with van der Waals surface area (Å²) in [6, 6.07) is 8.62. The standard InChI is InChI=1S/C11H8Cl2N4/c1-17(16-7-8(5-14)6-15)9-2-3-10(12)11(13)4-9/h2-4,7-8H,1H3. The number of nitrogens with zero attached hydrogens (tertiary/aromatic N) is 4. The van der Waals surface area contributed by atoms with Crippen LogP contribution in [-0.4, -0.2) is 13.3 Å². The van der Waals surface area contributed by atoms with Crippen molar-refractivity contribution in [3.05, 3.63) is 28.2 Å². The van der Waals surface area contributed by atoms with Gasteiger partial charge in [-0.2, -0.15) is 15.6 Å². The topological polar surface area (TPSA) is 63.2 Å². The zero-order valence-corrected chi connectivity index (χ0v) is 10.4. The Morgan fingerprint density at radius 1 is 1.29 bits per heavy atom. The van der Waals surface area contributed by atoms with Gasteiger partial charge in [-0.25, -0.2) is 0 Å². The van der Waals surface area contributed by atoms with Crippen LogP contribution in [0.3, 0.4) is 0 Å². The summed E-state index contributed by atoms with van der Waals surface area (Å²) >= 11 is 11.6. The molecule has 0 atom stereocenters. The highest BCUT2D eigenvalue weighted by atomic mass is 35.5. The number of hydrogen-bond donors (Lipinski definition) is 0. The van der Waals surface area contributed by atoms with Gasteiger partial charge in [-0.15, -0.1) is 0 Å². The van der Waals surface area contributed by atoms with E-state index in [1.54, 1.807) is 37.4 Å². The molecule has 0 aliphatic heterocycles. The number of hydrogen-bond acceptors (Lipinski definition) is 4. The van der Waals surface area contributed by atoms with Crippen molar-refractivity contribution < 1.29 is 0 Å². The summed E-state index contributed by atoms with van der Waals surface area (Å²) in [6.07, 6.45) is 1.27. The van der Waals surface area contributed by atoms with E-state index in [1.165, 1.54) is 11.2 Å². The smallest absolute Gasteiger partial charge is 0.169 e. The Balaban J connectivity index is 2.84. The lowest BCUT2D eigenvalue weighted by Gasteiger charge is -2.13. The van der Waals surface area contributed by atoms with Crippen LogP contribution in [-0.2, 0) is 0 Å². The molecule has 0 bridgehead atoms. The molecule has 0 heterocycles. The molecule has 86 valence electrons. The molecule has 1 rings (SSSR count). The average Bonchev–Trinajstić information content (AvgIpc) is 2.33. The third-order valence-electron chi connectivity index (χ3n) is 1.94. The summed E-state index contributed by atoms with van der Waals surface area (Å²) in [5.41, 5.74) is 0.713. The first-order valence-corrected chi connectivity index (χ1v) is 5.36. The molecule has 0 aliphatic carbocycles. The lowest BCUT2D eigenvalue weighted by Crippen LogP contribution is -2.10. The van der Waals surface area contributed by atoms with Gasteiger partial charge in [-0.3, -0.25) is 5.01 Å². The van der Waals surface area contributed by atoms with Crippen molar-refractivity contribution in [2.75, 3.05) is 12.1 Å². The van der Waals surface area contributed by atoms with Crippen LogP contribution in [0, 0.1) is 28.6 Å². The van der Waals surface area contributed by atoms with Gasteiger partial charge >= 0.3 is 0 Å². The van der Waals surface area contributed by atoms with E-state index in [1.807, 2.05) is 0 Å². The van der Waals surface area contributed by atoms with Crippen LogP contribution in [0.4, 0.5) is 5.69 Å². The Morgan fingerprint density at radius 3 is 2.47 bits per heavy atom. The SMILES string of the molecule is CN(N=CC(C#N)C#N)c1ccc(Cl)c(Cl)c1. The molecule has 0 spiro atoms. The van der Waals surface area contributed by atoms with E-state index in [-0.39, 0.29) is 0 Å². The minimum absolute atomic E-state index is 0.420. The minimum atomic E-state index is -0.861. The maximum absolute atomic E-state index is 8.57. The third-order valence-corrected chi connectivity index (χ3v) is 2.68. The average molecular weight is 267 g/mol. The predicted molar refractivity (Wildman–Crippen MR) is 68.1 cm³/mol. The minimum Gasteiger partial charge on any atom is -0.269 e. The van der Waals surface area contributed by atoms with Gasteiger partial charge in [0.2, 0.25) is 0 Å². The van der Waals surface area contributed by atoms with Crippen molar-refractivity contribution in [3.63, 3.8) is 0 Å². The van der Waals surface area contributed by atoms with E-state index in [9.17, 15) is 0 Å². The van der Waals surface area contributed by atoms with Crippen LogP contribution in [0.2, 0.25) is 10.0 Å². The summed E-state index contributed by atoms with van der Waals surface area (Å²) in [5, 5.41) is 23.5. The molecule has 1 aromatic rings. The molecule has 0 aliphatic rings. The number of benzene rings is 1. The molecule has 0 N–H and O–H groups in total. The zero-order chi connectivity index (χ0) is 12.8. The van der Waals surface area contributed by atoms with Gasteiger partial charge in [-0.05, 0) is 18.2 Å². The van der Waals surface area contributed by atoms with Crippen LogP contribution >= 0.6 is 23.2 Å². The number of halogens is 2. The molecular weight excluding hydrogens is 259 g/mol. The van der Waals surface area contributed by atoms with E-state index >= 15 is 0 Å². The summed E-state index contributed by atoms with van der Waals surface area (Å²) < 4.78 is 0. The first kappa shape index (κ1) is 13.3. The van der Waals surface area contributed by atoms with Crippen molar-refractivity contribution in [3.8, 4) is 12.1 Å². The maximum Gasteiger partial charge on any atom is 0.169 e. The van der Waals surface area contributed by atoms with Crippen molar-refractivity contribution in [1.29, 1.82) is 10.5 Å². The Labute approximate surface area is 109 Å².